The predicted octanol–water partition coefficient (Wildman–Crippen LogP) is 1.87. The van der Waals surface area contributed by atoms with Gasteiger partial charge in [0.2, 0.25) is 10.0 Å². The Bertz CT molecular complexity index is 656. The lowest BCUT2D eigenvalue weighted by Gasteiger charge is -2.32. The number of morpholine rings is 1. The Balaban J connectivity index is 2.06. The van der Waals surface area contributed by atoms with Gasteiger partial charge in [-0.25, -0.2) is 8.42 Å². The molecule has 1 unspecified atom stereocenters. The fraction of sp³-hybridized carbons (Fsp3) is 0.588. The molecule has 1 aromatic carbocycles. The quantitative estimate of drug-likeness (QED) is 0.846. The molecule has 1 heterocycles. The van der Waals surface area contributed by atoms with E-state index in [1.165, 1.54) is 16.4 Å². The third kappa shape index (κ3) is 4.55. The van der Waals surface area contributed by atoms with Crippen LogP contribution in [0.25, 0.3) is 0 Å². The van der Waals surface area contributed by atoms with Crippen LogP contribution in [0.1, 0.15) is 37.6 Å². The number of amides is 1. The van der Waals surface area contributed by atoms with Gasteiger partial charge >= 0.3 is 0 Å². The summed E-state index contributed by atoms with van der Waals surface area (Å²) in [6.07, 6.45) is 0.910. The van der Waals surface area contributed by atoms with Gasteiger partial charge < -0.3 is 10.1 Å². The lowest BCUT2D eigenvalue weighted by Crippen LogP contribution is -2.46. The molecule has 134 valence electrons. The van der Waals surface area contributed by atoms with Crippen LogP contribution < -0.4 is 5.32 Å². The molecule has 0 aliphatic carbocycles. The van der Waals surface area contributed by atoms with Gasteiger partial charge in [0.25, 0.3) is 5.91 Å². The first-order chi connectivity index (χ1) is 11.3. The summed E-state index contributed by atoms with van der Waals surface area (Å²) in [5.74, 6) is 0.340. The molecule has 1 fully saturated rings. The van der Waals surface area contributed by atoms with E-state index in [1.807, 2.05) is 6.92 Å². The van der Waals surface area contributed by atoms with Crippen molar-refractivity contribution in [1.29, 1.82) is 0 Å². The summed E-state index contributed by atoms with van der Waals surface area (Å²) >= 11 is 0. The molecule has 1 amide bonds. The van der Waals surface area contributed by atoms with Gasteiger partial charge in [-0.2, -0.15) is 4.31 Å². The molecular formula is C17H26N2O4S. The first-order valence-corrected chi connectivity index (χ1v) is 9.74. The van der Waals surface area contributed by atoms with Gasteiger partial charge in [0, 0.05) is 24.7 Å². The second-order valence-corrected chi connectivity index (χ2v) is 8.39. The number of nitrogens with one attached hydrogen (secondary N) is 1. The average molecular weight is 354 g/mol. The summed E-state index contributed by atoms with van der Waals surface area (Å²) in [6.45, 7) is 7.78. The van der Waals surface area contributed by atoms with Gasteiger partial charge in [-0.15, -0.1) is 0 Å². The monoisotopic (exact) mass is 354 g/mol. The van der Waals surface area contributed by atoms with Crippen molar-refractivity contribution in [1.82, 2.24) is 9.62 Å². The summed E-state index contributed by atoms with van der Waals surface area (Å²) in [4.78, 5) is 12.3. The summed E-state index contributed by atoms with van der Waals surface area (Å²) in [6, 6.07) is 5.91. The van der Waals surface area contributed by atoms with Crippen molar-refractivity contribution in [3.8, 4) is 0 Å². The zero-order valence-corrected chi connectivity index (χ0v) is 15.3. The molecule has 1 aliphatic heterocycles. The van der Waals surface area contributed by atoms with Crippen LogP contribution in [0.2, 0.25) is 0 Å². The van der Waals surface area contributed by atoms with Gasteiger partial charge in [-0.05, 0) is 43.5 Å². The molecule has 1 atom stereocenters. The van der Waals surface area contributed by atoms with Gasteiger partial charge in [0.05, 0.1) is 18.1 Å². The van der Waals surface area contributed by atoms with E-state index < -0.39 is 10.0 Å². The van der Waals surface area contributed by atoms with E-state index in [2.05, 4.69) is 19.2 Å². The molecule has 2 rings (SSSR count). The van der Waals surface area contributed by atoms with E-state index in [4.69, 9.17) is 4.74 Å². The highest BCUT2D eigenvalue weighted by Gasteiger charge is 2.31. The Kier molecular flexibility index (Phi) is 6.37. The SMILES string of the molecule is CC(C)CCNC(=O)c1ccc(S(=O)(=O)N2CCOCC2C)cc1. The van der Waals surface area contributed by atoms with Crippen molar-refractivity contribution in [2.24, 2.45) is 5.92 Å². The van der Waals surface area contributed by atoms with Crippen LogP contribution in [-0.2, 0) is 14.8 Å². The number of hydrogen-bond donors (Lipinski definition) is 1. The van der Waals surface area contributed by atoms with Crippen molar-refractivity contribution in [3.63, 3.8) is 0 Å². The Morgan fingerprint density at radius 2 is 2.00 bits per heavy atom. The minimum absolute atomic E-state index is 0.181. The minimum atomic E-state index is -3.56. The van der Waals surface area contributed by atoms with Crippen LogP contribution in [0.4, 0.5) is 0 Å². The van der Waals surface area contributed by atoms with Crippen molar-refractivity contribution in [2.75, 3.05) is 26.3 Å². The number of ether oxygens (including phenoxy) is 1. The highest BCUT2D eigenvalue weighted by molar-refractivity contribution is 7.89. The predicted molar refractivity (Wildman–Crippen MR) is 92.4 cm³/mol. The van der Waals surface area contributed by atoms with Gasteiger partial charge in [-0.1, -0.05) is 13.8 Å². The molecule has 1 aliphatic rings. The molecule has 6 nitrogen and oxygen atoms in total. The normalized spacial score (nSPS) is 19.4. The topological polar surface area (TPSA) is 75.7 Å². The largest absolute Gasteiger partial charge is 0.378 e. The van der Waals surface area contributed by atoms with Crippen molar-refractivity contribution < 1.29 is 17.9 Å². The Morgan fingerprint density at radius 1 is 1.33 bits per heavy atom. The fourth-order valence-electron chi connectivity index (χ4n) is 2.56. The summed E-state index contributed by atoms with van der Waals surface area (Å²) in [5, 5.41) is 2.84. The lowest BCUT2D eigenvalue weighted by atomic mass is 10.1. The molecule has 7 heteroatoms. The van der Waals surface area contributed by atoms with Gasteiger partial charge in [-0.3, -0.25) is 4.79 Å². The Hall–Kier alpha value is -1.44. The zero-order valence-electron chi connectivity index (χ0n) is 14.5. The first-order valence-electron chi connectivity index (χ1n) is 8.30. The maximum absolute atomic E-state index is 12.7. The maximum atomic E-state index is 12.7. The smallest absolute Gasteiger partial charge is 0.251 e. The average Bonchev–Trinajstić information content (AvgIpc) is 2.54. The van der Waals surface area contributed by atoms with Crippen LogP contribution in [0.15, 0.2) is 29.2 Å². The molecule has 0 spiro atoms. The third-order valence-electron chi connectivity index (χ3n) is 4.04. The van der Waals surface area contributed by atoms with Crippen molar-refractivity contribution in [3.05, 3.63) is 29.8 Å². The fourth-order valence-corrected chi connectivity index (χ4v) is 4.16. The van der Waals surface area contributed by atoms with Crippen molar-refractivity contribution in [2.45, 2.75) is 38.1 Å². The number of sulfonamides is 1. The third-order valence-corrected chi connectivity index (χ3v) is 6.06. The van der Waals surface area contributed by atoms with E-state index in [1.54, 1.807) is 12.1 Å². The number of benzene rings is 1. The van der Waals surface area contributed by atoms with Crippen LogP contribution in [0.3, 0.4) is 0 Å². The Morgan fingerprint density at radius 3 is 2.58 bits per heavy atom. The van der Waals surface area contributed by atoms with E-state index in [0.717, 1.165) is 6.42 Å². The number of carbonyl (C=O) groups is 1. The van der Waals surface area contributed by atoms with Crippen LogP contribution >= 0.6 is 0 Å². The highest BCUT2D eigenvalue weighted by Crippen LogP contribution is 2.20. The number of hydrogen-bond acceptors (Lipinski definition) is 4. The molecule has 0 saturated carbocycles. The summed E-state index contributed by atoms with van der Waals surface area (Å²) in [7, 11) is -3.56. The van der Waals surface area contributed by atoms with Crippen LogP contribution in [-0.4, -0.2) is 51.0 Å². The lowest BCUT2D eigenvalue weighted by molar-refractivity contribution is 0.0393. The van der Waals surface area contributed by atoms with E-state index in [-0.39, 0.29) is 16.8 Å². The summed E-state index contributed by atoms with van der Waals surface area (Å²) in [5.41, 5.74) is 0.465. The first kappa shape index (κ1) is 18.9. The molecule has 1 saturated heterocycles. The van der Waals surface area contributed by atoms with Crippen molar-refractivity contribution >= 4 is 15.9 Å². The number of nitrogens with zero attached hydrogens (tertiary/aromatic N) is 1. The maximum Gasteiger partial charge on any atom is 0.251 e. The second kappa shape index (κ2) is 8.09. The van der Waals surface area contributed by atoms with E-state index in [9.17, 15) is 13.2 Å². The van der Waals surface area contributed by atoms with Gasteiger partial charge in [0.1, 0.15) is 0 Å². The Labute approximate surface area is 144 Å². The van der Waals surface area contributed by atoms with E-state index >= 15 is 0 Å². The van der Waals surface area contributed by atoms with Gasteiger partial charge in [0.15, 0.2) is 0 Å². The van der Waals surface area contributed by atoms with E-state index in [0.29, 0.717) is 37.8 Å². The molecule has 0 radical (unpaired) electrons. The molecule has 1 aromatic rings. The molecule has 0 bridgehead atoms. The number of rotatable bonds is 6. The molecule has 1 N–H and O–H groups in total. The van der Waals surface area contributed by atoms with Crippen LogP contribution in [0.5, 0.6) is 0 Å². The molecule has 0 aromatic heterocycles. The molecule has 24 heavy (non-hydrogen) atoms. The standard InChI is InChI=1S/C17H26N2O4S/c1-13(2)8-9-18-17(20)15-4-6-16(7-5-15)24(21,22)19-10-11-23-12-14(19)3/h4-7,13-14H,8-12H2,1-3H3,(H,18,20). The highest BCUT2D eigenvalue weighted by atomic mass is 32.2. The second-order valence-electron chi connectivity index (χ2n) is 6.50. The number of carbonyl (C=O) groups excluding carboxylic acids is 1. The minimum Gasteiger partial charge on any atom is -0.378 e. The zero-order chi connectivity index (χ0) is 17.7. The molecular weight excluding hydrogens is 328 g/mol. The summed E-state index contributed by atoms with van der Waals surface area (Å²) < 4.78 is 32.1. The van der Waals surface area contributed by atoms with Crippen LogP contribution in [0, 0.1) is 5.92 Å².